The van der Waals surface area contributed by atoms with Crippen molar-refractivity contribution in [2.45, 2.75) is 33.8 Å². The summed E-state index contributed by atoms with van der Waals surface area (Å²) in [7, 11) is 0. The number of rotatable bonds is 5. The second-order valence-corrected chi connectivity index (χ2v) is 5.37. The molecular weight excluding hydrogens is 246 g/mol. The number of anilines is 1. The van der Waals surface area contributed by atoms with Crippen molar-refractivity contribution < 1.29 is 4.74 Å². The standard InChI is InChI=1S/C18H23NO/c1-13-8-10-17(11-9-13)20-15(3)12-19-18-7-5-6-14(2)16(18)4/h5-11,15,19H,12H2,1-4H3. The molecule has 2 aromatic carbocycles. The van der Waals surface area contributed by atoms with E-state index in [1.165, 1.54) is 22.4 Å². The Morgan fingerprint density at radius 3 is 2.40 bits per heavy atom. The highest BCUT2D eigenvalue weighted by Crippen LogP contribution is 2.18. The molecule has 0 aliphatic heterocycles. The Labute approximate surface area is 121 Å². The van der Waals surface area contributed by atoms with Crippen molar-refractivity contribution in [3.63, 3.8) is 0 Å². The third-order valence-electron chi connectivity index (χ3n) is 3.54. The molecule has 0 saturated carbocycles. The molecule has 0 heterocycles. The monoisotopic (exact) mass is 269 g/mol. The van der Waals surface area contributed by atoms with Crippen LogP contribution in [0, 0.1) is 20.8 Å². The van der Waals surface area contributed by atoms with Gasteiger partial charge in [-0.15, -0.1) is 0 Å². The van der Waals surface area contributed by atoms with Crippen molar-refractivity contribution >= 4 is 5.69 Å². The van der Waals surface area contributed by atoms with E-state index in [0.29, 0.717) is 0 Å². The zero-order chi connectivity index (χ0) is 14.5. The van der Waals surface area contributed by atoms with E-state index in [1.807, 2.05) is 12.1 Å². The maximum atomic E-state index is 5.90. The van der Waals surface area contributed by atoms with Crippen LogP contribution in [0.25, 0.3) is 0 Å². The lowest BCUT2D eigenvalue weighted by Gasteiger charge is -2.18. The maximum absolute atomic E-state index is 5.90. The van der Waals surface area contributed by atoms with Crippen LogP contribution >= 0.6 is 0 Å². The van der Waals surface area contributed by atoms with Gasteiger partial charge in [0.2, 0.25) is 0 Å². The molecule has 2 rings (SSSR count). The van der Waals surface area contributed by atoms with Crippen LogP contribution in [0.5, 0.6) is 5.75 Å². The van der Waals surface area contributed by atoms with Gasteiger partial charge in [0.1, 0.15) is 11.9 Å². The van der Waals surface area contributed by atoms with Gasteiger partial charge >= 0.3 is 0 Å². The van der Waals surface area contributed by atoms with Gasteiger partial charge < -0.3 is 10.1 Å². The maximum Gasteiger partial charge on any atom is 0.119 e. The smallest absolute Gasteiger partial charge is 0.119 e. The summed E-state index contributed by atoms with van der Waals surface area (Å²) in [6.07, 6.45) is 0.123. The zero-order valence-electron chi connectivity index (χ0n) is 12.7. The van der Waals surface area contributed by atoms with E-state index in [4.69, 9.17) is 4.74 Å². The molecule has 0 aliphatic carbocycles. The van der Waals surface area contributed by atoms with Crippen LogP contribution in [0.3, 0.4) is 0 Å². The summed E-state index contributed by atoms with van der Waals surface area (Å²) in [6.45, 7) is 9.22. The lowest BCUT2D eigenvalue weighted by Crippen LogP contribution is -2.23. The van der Waals surface area contributed by atoms with Crippen LogP contribution in [0.1, 0.15) is 23.6 Å². The second-order valence-electron chi connectivity index (χ2n) is 5.37. The molecule has 0 bridgehead atoms. The molecule has 2 nitrogen and oxygen atoms in total. The molecule has 0 spiro atoms. The fourth-order valence-electron chi connectivity index (χ4n) is 2.09. The third kappa shape index (κ3) is 3.77. The van der Waals surface area contributed by atoms with E-state index in [0.717, 1.165) is 12.3 Å². The molecule has 0 radical (unpaired) electrons. The minimum atomic E-state index is 0.123. The Balaban J connectivity index is 1.90. The first-order valence-corrected chi connectivity index (χ1v) is 7.09. The van der Waals surface area contributed by atoms with Gasteiger partial charge in [0.25, 0.3) is 0 Å². The number of ether oxygens (including phenoxy) is 1. The van der Waals surface area contributed by atoms with Gasteiger partial charge in [-0.05, 0) is 57.0 Å². The van der Waals surface area contributed by atoms with Crippen molar-refractivity contribution in [1.82, 2.24) is 0 Å². The summed E-state index contributed by atoms with van der Waals surface area (Å²) >= 11 is 0. The molecular formula is C18H23NO. The van der Waals surface area contributed by atoms with Gasteiger partial charge in [0.05, 0.1) is 6.54 Å². The highest BCUT2D eigenvalue weighted by molar-refractivity contribution is 5.53. The molecule has 0 fully saturated rings. The first-order chi connectivity index (χ1) is 9.56. The summed E-state index contributed by atoms with van der Waals surface area (Å²) < 4.78 is 5.90. The van der Waals surface area contributed by atoms with E-state index in [2.05, 4.69) is 63.3 Å². The quantitative estimate of drug-likeness (QED) is 0.863. The molecule has 1 atom stereocenters. The topological polar surface area (TPSA) is 21.3 Å². The third-order valence-corrected chi connectivity index (χ3v) is 3.54. The number of nitrogens with one attached hydrogen (secondary N) is 1. The molecule has 106 valence electrons. The lowest BCUT2D eigenvalue weighted by molar-refractivity contribution is 0.234. The number of hydrogen-bond donors (Lipinski definition) is 1. The first-order valence-electron chi connectivity index (χ1n) is 7.09. The SMILES string of the molecule is Cc1ccc(OC(C)CNc2cccc(C)c2C)cc1. The number of hydrogen-bond acceptors (Lipinski definition) is 2. The highest BCUT2D eigenvalue weighted by atomic mass is 16.5. The van der Waals surface area contributed by atoms with Crippen molar-refractivity contribution in [3.05, 3.63) is 59.2 Å². The van der Waals surface area contributed by atoms with Gasteiger partial charge in [0.15, 0.2) is 0 Å². The lowest BCUT2D eigenvalue weighted by atomic mass is 10.1. The Bertz CT molecular complexity index is 560. The van der Waals surface area contributed by atoms with Crippen LogP contribution < -0.4 is 10.1 Å². The Morgan fingerprint density at radius 1 is 1.00 bits per heavy atom. The Morgan fingerprint density at radius 2 is 1.70 bits per heavy atom. The molecule has 0 amide bonds. The van der Waals surface area contributed by atoms with Crippen LogP contribution in [-0.4, -0.2) is 12.6 Å². The molecule has 0 aromatic heterocycles. The molecule has 0 aliphatic rings. The van der Waals surface area contributed by atoms with Crippen molar-refractivity contribution in [1.29, 1.82) is 0 Å². The molecule has 1 unspecified atom stereocenters. The molecule has 2 aromatic rings. The van der Waals surface area contributed by atoms with E-state index in [9.17, 15) is 0 Å². The minimum absolute atomic E-state index is 0.123. The minimum Gasteiger partial charge on any atom is -0.489 e. The Hall–Kier alpha value is -1.96. The van der Waals surface area contributed by atoms with E-state index in [1.54, 1.807) is 0 Å². The average Bonchev–Trinajstić information content (AvgIpc) is 2.43. The van der Waals surface area contributed by atoms with Gasteiger partial charge in [-0.1, -0.05) is 29.8 Å². The predicted octanol–water partition coefficient (Wildman–Crippen LogP) is 4.49. The summed E-state index contributed by atoms with van der Waals surface area (Å²) in [5.74, 6) is 0.922. The van der Waals surface area contributed by atoms with Gasteiger partial charge in [-0.2, -0.15) is 0 Å². The normalized spacial score (nSPS) is 12.0. The highest BCUT2D eigenvalue weighted by Gasteiger charge is 2.05. The fourth-order valence-corrected chi connectivity index (χ4v) is 2.09. The molecule has 0 saturated heterocycles. The summed E-state index contributed by atoms with van der Waals surface area (Å²) in [5.41, 5.74) is 5.04. The zero-order valence-corrected chi connectivity index (χ0v) is 12.7. The fraction of sp³-hybridized carbons (Fsp3) is 0.333. The number of aryl methyl sites for hydroxylation is 2. The predicted molar refractivity (Wildman–Crippen MR) is 85.7 cm³/mol. The van der Waals surface area contributed by atoms with Crippen LogP contribution in [-0.2, 0) is 0 Å². The van der Waals surface area contributed by atoms with Crippen LogP contribution in [0.15, 0.2) is 42.5 Å². The Kier molecular flexibility index (Phi) is 4.67. The average molecular weight is 269 g/mol. The molecule has 1 N–H and O–H groups in total. The van der Waals surface area contributed by atoms with Gasteiger partial charge in [0, 0.05) is 5.69 Å². The summed E-state index contributed by atoms with van der Waals surface area (Å²) in [6, 6.07) is 14.5. The van der Waals surface area contributed by atoms with Crippen LogP contribution in [0.2, 0.25) is 0 Å². The van der Waals surface area contributed by atoms with E-state index in [-0.39, 0.29) is 6.10 Å². The summed E-state index contributed by atoms with van der Waals surface area (Å²) in [5, 5.41) is 3.46. The first kappa shape index (κ1) is 14.4. The van der Waals surface area contributed by atoms with Gasteiger partial charge in [-0.25, -0.2) is 0 Å². The largest absolute Gasteiger partial charge is 0.489 e. The summed E-state index contributed by atoms with van der Waals surface area (Å²) in [4.78, 5) is 0. The van der Waals surface area contributed by atoms with E-state index >= 15 is 0 Å². The molecule has 20 heavy (non-hydrogen) atoms. The number of benzene rings is 2. The van der Waals surface area contributed by atoms with Gasteiger partial charge in [-0.3, -0.25) is 0 Å². The second kappa shape index (κ2) is 6.47. The molecule has 2 heteroatoms. The van der Waals surface area contributed by atoms with E-state index < -0.39 is 0 Å². The van der Waals surface area contributed by atoms with Crippen molar-refractivity contribution in [3.8, 4) is 5.75 Å². The van der Waals surface area contributed by atoms with Crippen molar-refractivity contribution in [2.24, 2.45) is 0 Å². The van der Waals surface area contributed by atoms with Crippen molar-refractivity contribution in [2.75, 3.05) is 11.9 Å². The van der Waals surface area contributed by atoms with Crippen LogP contribution in [0.4, 0.5) is 5.69 Å².